The van der Waals surface area contributed by atoms with Crippen LogP contribution in [0.5, 0.6) is 5.75 Å². The normalized spacial score (nSPS) is 17.8. The number of nitrogens with zero attached hydrogens (tertiary/aromatic N) is 1. The molecule has 1 saturated carbocycles. The summed E-state index contributed by atoms with van der Waals surface area (Å²) in [5.41, 5.74) is 2.67. The number of hydrogen-bond acceptors (Lipinski definition) is 3. The molecule has 0 unspecified atom stereocenters. The molecule has 1 aromatic carbocycles. The first-order valence-electron chi connectivity index (χ1n) is 7.48. The van der Waals surface area contributed by atoms with E-state index in [4.69, 9.17) is 5.21 Å². The number of rotatable bonds is 2. The standard InChI is InChI=1S/C17H25NO2/c1-17(2,3)15-10-13(12-7-5-4-6-8-12)9-14(11-18-20)16(15)19/h9-12,19-20H,4-8H2,1-3H3/b18-11+. The Labute approximate surface area is 121 Å². The molecular formula is C17H25NO2. The zero-order valence-electron chi connectivity index (χ0n) is 12.7. The molecular weight excluding hydrogens is 250 g/mol. The fourth-order valence-corrected chi connectivity index (χ4v) is 3.08. The van der Waals surface area contributed by atoms with Crippen LogP contribution < -0.4 is 0 Å². The van der Waals surface area contributed by atoms with Crippen LogP contribution in [0.2, 0.25) is 0 Å². The highest BCUT2D eigenvalue weighted by molar-refractivity contribution is 5.84. The van der Waals surface area contributed by atoms with Crippen LogP contribution >= 0.6 is 0 Å². The second-order valence-electron chi connectivity index (χ2n) is 6.84. The highest BCUT2D eigenvalue weighted by Crippen LogP contribution is 2.39. The van der Waals surface area contributed by atoms with Crippen molar-refractivity contribution in [1.29, 1.82) is 0 Å². The van der Waals surface area contributed by atoms with Crippen molar-refractivity contribution < 1.29 is 10.3 Å². The lowest BCUT2D eigenvalue weighted by molar-refractivity contribution is 0.321. The molecule has 0 atom stereocenters. The molecule has 2 N–H and O–H groups in total. The third-order valence-corrected chi connectivity index (χ3v) is 4.24. The molecule has 0 saturated heterocycles. The summed E-state index contributed by atoms with van der Waals surface area (Å²) in [4.78, 5) is 0. The summed E-state index contributed by atoms with van der Waals surface area (Å²) in [6, 6.07) is 4.11. The Balaban J connectivity index is 2.49. The minimum absolute atomic E-state index is 0.132. The van der Waals surface area contributed by atoms with E-state index >= 15 is 0 Å². The molecule has 3 nitrogen and oxygen atoms in total. The highest BCUT2D eigenvalue weighted by Gasteiger charge is 2.24. The van der Waals surface area contributed by atoms with E-state index in [-0.39, 0.29) is 11.2 Å². The lowest BCUT2D eigenvalue weighted by atomic mass is 9.79. The summed E-state index contributed by atoms with van der Waals surface area (Å²) >= 11 is 0. The molecule has 2 rings (SSSR count). The van der Waals surface area contributed by atoms with Gasteiger partial charge < -0.3 is 10.3 Å². The van der Waals surface area contributed by atoms with Crippen LogP contribution in [-0.4, -0.2) is 16.5 Å². The van der Waals surface area contributed by atoms with Crippen molar-refractivity contribution >= 4 is 6.21 Å². The van der Waals surface area contributed by atoms with Crippen molar-refractivity contribution in [2.75, 3.05) is 0 Å². The van der Waals surface area contributed by atoms with Crippen LogP contribution in [0.4, 0.5) is 0 Å². The van der Waals surface area contributed by atoms with Crippen molar-refractivity contribution in [1.82, 2.24) is 0 Å². The largest absolute Gasteiger partial charge is 0.507 e. The first kappa shape index (κ1) is 14.9. The molecule has 1 aliphatic carbocycles. The van der Waals surface area contributed by atoms with Crippen LogP contribution in [0.15, 0.2) is 17.3 Å². The van der Waals surface area contributed by atoms with E-state index in [1.54, 1.807) is 0 Å². The van der Waals surface area contributed by atoms with Crippen molar-refractivity contribution in [3.63, 3.8) is 0 Å². The van der Waals surface area contributed by atoms with Gasteiger partial charge in [-0.15, -0.1) is 0 Å². The van der Waals surface area contributed by atoms with E-state index in [2.05, 4.69) is 32.0 Å². The number of benzene rings is 1. The Bertz CT molecular complexity index is 494. The zero-order valence-corrected chi connectivity index (χ0v) is 12.7. The molecule has 1 aromatic rings. The predicted molar refractivity (Wildman–Crippen MR) is 82.0 cm³/mol. The predicted octanol–water partition coefficient (Wildman–Crippen LogP) is 4.55. The summed E-state index contributed by atoms with van der Waals surface area (Å²) in [5.74, 6) is 0.797. The van der Waals surface area contributed by atoms with Crippen LogP contribution in [0.25, 0.3) is 0 Å². The van der Waals surface area contributed by atoms with Crippen LogP contribution in [-0.2, 0) is 5.41 Å². The number of oxime groups is 1. The number of aromatic hydroxyl groups is 1. The van der Waals surface area contributed by atoms with Gasteiger partial charge >= 0.3 is 0 Å². The van der Waals surface area contributed by atoms with Gasteiger partial charge in [-0.2, -0.15) is 0 Å². The molecule has 0 aliphatic heterocycles. The molecule has 3 heteroatoms. The average molecular weight is 275 g/mol. The van der Waals surface area contributed by atoms with Gasteiger partial charge in [-0.1, -0.05) is 51.3 Å². The van der Waals surface area contributed by atoms with E-state index in [9.17, 15) is 5.11 Å². The Hall–Kier alpha value is -1.51. The second-order valence-corrected chi connectivity index (χ2v) is 6.84. The Morgan fingerprint density at radius 2 is 1.80 bits per heavy atom. The highest BCUT2D eigenvalue weighted by atomic mass is 16.4. The van der Waals surface area contributed by atoms with Crippen LogP contribution in [0.1, 0.15) is 75.5 Å². The number of hydrogen-bond donors (Lipinski definition) is 2. The molecule has 0 heterocycles. The van der Waals surface area contributed by atoms with Crippen LogP contribution in [0.3, 0.4) is 0 Å². The van der Waals surface area contributed by atoms with Gasteiger partial charge in [-0.25, -0.2) is 0 Å². The van der Waals surface area contributed by atoms with Crippen molar-refractivity contribution in [2.45, 2.75) is 64.2 Å². The summed E-state index contributed by atoms with van der Waals surface area (Å²) in [6.45, 7) is 6.27. The summed E-state index contributed by atoms with van der Waals surface area (Å²) in [7, 11) is 0. The summed E-state index contributed by atoms with van der Waals surface area (Å²) in [6.07, 6.45) is 7.64. The first-order valence-corrected chi connectivity index (χ1v) is 7.48. The number of phenolic OH excluding ortho intramolecular Hbond substituents is 1. The van der Waals surface area contributed by atoms with Gasteiger partial charge in [0.15, 0.2) is 0 Å². The number of phenols is 1. The molecule has 0 amide bonds. The maximum Gasteiger partial charge on any atom is 0.128 e. The third kappa shape index (κ3) is 3.14. The SMILES string of the molecule is CC(C)(C)c1cc(C2CCCCC2)cc(/C=N/O)c1O. The van der Waals surface area contributed by atoms with Crippen molar-refractivity contribution in [2.24, 2.45) is 5.16 Å². The van der Waals surface area contributed by atoms with E-state index < -0.39 is 0 Å². The van der Waals surface area contributed by atoms with Gasteiger partial charge in [-0.3, -0.25) is 0 Å². The molecule has 0 aromatic heterocycles. The molecule has 0 spiro atoms. The lowest BCUT2D eigenvalue weighted by Gasteiger charge is -2.27. The van der Waals surface area contributed by atoms with Gasteiger partial charge in [0.2, 0.25) is 0 Å². The average Bonchev–Trinajstić information content (AvgIpc) is 2.41. The van der Waals surface area contributed by atoms with E-state index in [1.165, 1.54) is 43.9 Å². The van der Waals surface area contributed by atoms with Gasteiger partial charge in [0.05, 0.1) is 6.21 Å². The molecule has 0 bridgehead atoms. The maximum atomic E-state index is 10.4. The molecule has 1 fully saturated rings. The van der Waals surface area contributed by atoms with Crippen LogP contribution in [0, 0.1) is 0 Å². The molecule has 0 radical (unpaired) electrons. The maximum absolute atomic E-state index is 10.4. The van der Waals surface area contributed by atoms with E-state index in [0.717, 1.165) is 5.56 Å². The van der Waals surface area contributed by atoms with Gasteiger partial charge in [0, 0.05) is 11.1 Å². The molecule has 1 aliphatic rings. The quantitative estimate of drug-likeness (QED) is 0.473. The van der Waals surface area contributed by atoms with Gasteiger partial charge in [0.25, 0.3) is 0 Å². The van der Waals surface area contributed by atoms with Crippen molar-refractivity contribution in [3.05, 3.63) is 28.8 Å². The summed E-state index contributed by atoms with van der Waals surface area (Å²) in [5, 5.41) is 22.3. The second kappa shape index (κ2) is 5.86. The summed E-state index contributed by atoms with van der Waals surface area (Å²) < 4.78 is 0. The van der Waals surface area contributed by atoms with Gasteiger partial charge in [-0.05, 0) is 35.8 Å². The third-order valence-electron chi connectivity index (χ3n) is 4.24. The minimum atomic E-state index is -0.132. The minimum Gasteiger partial charge on any atom is -0.507 e. The first-order chi connectivity index (χ1) is 9.43. The van der Waals surface area contributed by atoms with Crippen molar-refractivity contribution in [3.8, 4) is 5.75 Å². The Morgan fingerprint density at radius 1 is 1.15 bits per heavy atom. The topological polar surface area (TPSA) is 52.8 Å². The molecule has 20 heavy (non-hydrogen) atoms. The fraction of sp³-hybridized carbons (Fsp3) is 0.588. The smallest absolute Gasteiger partial charge is 0.128 e. The Morgan fingerprint density at radius 3 is 2.35 bits per heavy atom. The Kier molecular flexibility index (Phi) is 4.36. The van der Waals surface area contributed by atoms with E-state index in [0.29, 0.717) is 11.5 Å². The lowest BCUT2D eigenvalue weighted by Crippen LogP contribution is -2.14. The zero-order chi connectivity index (χ0) is 14.8. The van der Waals surface area contributed by atoms with Gasteiger partial charge in [0.1, 0.15) is 5.75 Å². The molecule has 110 valence electrons. The monoisotopic (exact) mass is 275 g/mol. The fourth-order valence-electron chi connectivity index (χ4n) is 3.08. The van der Waals surface area contributed by atoms with E-state index in [1.807, 2.05) is 6.07 Å².